The lowest BCUT2D eigenvalue weighted by molar-refractivity contribution is 0.223. The molecule has 3 aromatic rings. The number of nitrogens with zero attached hydrogens (tertiary/aromatic N) is 2. The molecule has 32 heavy (non-hydrogen) atoms. The average molecular weight is 431 g/mol. The lowest BCUT2D eigenvalue weighted by atomic mass is 9.90. The molecule has 0 saturated carbocycles. The quantitative estimate of drug-likeness (QED) is 0.401. The first-order valence-electron chi connectivity index (χ1n) is 11.7. The van der Waals surface area contributed by atoms with E-state index < -0.39 is 0 Å². The third-order valence-corrected chi connectivity index (χ3v) is 6.41. The Labute approximate surface area is 192 Å². The number of hydrogen-bond donors (Lipinski definition) is 0. The van der Waals surface area contributed by atoms with E-state index in [1.54, 1.807) is 7.11 Å². The van der Waals surface area contributed by atoms with Crippen molar-refractivity contribution in [2.75, 3.05) is 38.3 Å². The minimum Gasteiger partial charge on any atom is -0.497 e. The van der Waals surface area contributed by atoms with Crippen LogP contribution in [0.5, 0.6) is 11.5 Å². The number of hydrogen-bond acceptors (Lipinski definition) is 4. The van der Waals surface area contributed by atoms with E-state index in [0.29, 0.717) is 12.6 Å². The van der Waals surface area contributed by atoms with Gasteiger partial charge in [0.15, 0.2) is 0 Å². The molecule has 1 unspecified atom stereocenters. The monoisotopic (exact) mass is 430 g/mol. The zero-order valence-corrected chi connectivity index (χ0v) is 19.5. The second-order valence-electron chi connectivity index (χ2n) is 8.20. The van der Waals surface area contributed by atoms with Gasteiger partial charge < -0.3 is 19.3 Å². The lowest BCUT2D eigenvalue weighted by Crippen LogP contribution is -2.29. The van der Waals surface area contributed by atoms with Crippen molar-refractivity contribution in [3.8, 4) is 11.5 Å². The van der Waals surface area contributed by atoms with Gasteiger partial charge in [0.1, 0.15) is 18.1 Å². The Balaban J connectivity index is 1.59. The molecule has 0 fully saturated rings. The highest BCUT2D eigenvalue weighted by Crippen LogP contribution is 2.44. The summed E-state index contributed by atoms with van der Waals surface area (Å²) in [6.07, 6.45) is 2.10. The van der Waals surface area contributed by atoms with E-state index in [4.69, 9.17) is 9.47 Å². The number of anilines is 2. The Hall–Kier alpha value is -2.98. The van der Waals surface area contributed by atoms with E-state index in [1.807, 2.05) is 0 Å². The second-order valence-corrected chi connectivity index (χ2v) is 8.20. The molecular weight excluding hydrogens is 396 g/mol. The molecule has 1 atom stereocenters. The van der Waals surface area contributed by atoms with Crippen LogP contribution in [0.15, 0.2) is 72.8 Å². The summed E-state index contributed by atoms with van der Waals surface area (Å²) in [6, 6.07) is 26.1. The van der Waals surface area contributed by atoms with Crippen molar-refractivity contribution in [3.05, 3.63) is 83.9 Å². The van der Waals surface area contributed by atoms with Crippen molar-refractivity contribution >= 4 is 11.4 Å². The number of benzene rings is 3. The van der Waals surface area contributed by atoms with Crippen molar-refractivity contribution in [3.63, 3.8) is 0 Å². The highest BCUT2D eigenvalue weighted by atomic mass is 16.5. The Morgan fingerprint density at radius 1 is 0.906 bits per heavy atom. The largest absolute Gasteiger partial charge is 0.497 e. The number of likely N-dealkylation sites (N-methyl/N-ethyl adjacent to an activating group) is 1. The molecule has 1 heterocycles. The zero-order chi connectivity index (χ0) is 22.3. The van der Waals surface area contributed by atoms with Gasteiger partial charge in [0.2, 0.25) is 0 Å². The summed E-state index contributed by atoms with van der Waals surface area (Å²) in [4.78, 5) is 4.84. The summed E-state index contributed by atoms with van der Waals surface area (Å²) >= 11 is 0. The van der Waals surface area contributed by atoms with Crippen LogP contribution in [0.2, 0.25) is 0 Å². The maximum Gasteiger partial charge on any atom is 0.119 e. The maximum absolute atomic E-state index is 6.02. The third kappa shape index (κ3) is 4.91. The van der Waals surface area contributed by atoms with Crippen LogP contribution in [0.1, 0.15) is 37.4 Å². The van der Waals surface area contributed by atoms with Gasteiger partial charge >= 0.3 is 0 Å². The molecule has 4 rings (SSSR count). The van der Waals surface area contributed by atoms with Crippen LogP contribution in [0.25, 0.3) is 0 Å². The van der Waals surface area contributed by atoms with Crippen molar-refractivity contribution in [2.45, 2.75) is 32.7 Å². The third-order valence-electron chi connectivity index (χ3n) is 6.41. The van der Waals surface area contributed by atoms with Crippen molar-refractivity contribution in [1.29, 1.82) is 0 Å². The lowest BCUT2D eigenvalue weighted by Gasteiger charge is -2.39. The molecule has 0 saturated heterocycles. The standard InChI is InChI=1S/C28H34N2O2/c1-4-29(5-2)19-20-32-25-14-12-24(13-15-25)30-27(22-9-7-6-8-10-22)17-11-23-21-26(31-3)16-18-28(23)30/h6-10,12-16,18,21,27H,4-5,11,17,19-20H2,1-3H3. The number of ether oxygens (including phenoxy) is 2. The Morgan fingerprint density at radius 3 is 2.31 bits per heavy atom. The molecule has 0 aliphatic carbocycles. The van der Waals surface area contributed by atoms with Crippen LogP contribution in [-0.4, -0.2) is 38.3 Å². The highest BCUT2D eigenvalue weighted by Gasteiger charge is 2.29. The van der Waals surface area contributed by atoms with E-state index in [-0.39, 0.29) is 0 Å². The smallest absolute Gasteiger partial charge is 0.119 e. The minimum absolute atomic E-state index is 0.298. The Kier molecular flexibility index (Phi) is 7.33. The second kappa shape index (κ2) is 10.6. The fourth-order valence-corrected chi connectivity index (χ4v) is 4.56. The first kappa shape index (κ1) is 22.2. The fraction of sp³-hybridized carbons (Fsp3) is 0.357. The summed E-state index contributed by atoms with van der Waals surface area (Å²) in [5.74, 6) is 1.84. The SMILES string of the molecule is CCN(CC)CCOc1ccc(N2c3ccc(OC)cc3CCC2c2ccccc2)cc1. The highest BCUT2D eigenvalue weighted by molar-refractivity contribution is 5.71. The number of fused-ring (bicyclic) bond motifs is 1. The predicted octanol–water partition coefficient (Wildman–Crippen LogP) is 6.24. The summed E-state index contributed by atoms with van der Waals surface area (Å²) < 4.78 is 11.5. The molecule has 1 aliphatic rings. The van der Waals surface area contributed by atoms with Gasteiger partial charge in [-0.3, -0.25) is 0 Å². The van der Waals surface area contributed by atoms with Crippen molar-refractivity contribution < 1.29 is 9.47 Å². The van der Waals surface area contributed by atoms with E-state index >= 15 is 0 Å². The first-order valence-corrected chi connectivity index (χ1v) is 11.7. The van der Waals surface area contributed by atoms with Gasteiger partial charge in [-0.05, 0) is 79.5 Å². The molecule has 1 aliphatic heterocycles. The molecule has 0 spiro atoms. The van der Waals surface area contributed by atoms with Gasteiger partial charge in [-0.1, -0.05) is 44.2 Å². The molecular formula is C28H34N2O2. The van der Waals surface area contributed by atoms with Crippen LogP contribution in [0.4, 0.5) is 11.4 Å². The molecule has 0 N–H and O–H groups in total. The predicted molar refractivity (Wildman–Crippen MR) is 132 cm³/mol. The molecule has 0 radical (unpaired) electrons. The van der Waals surface area contributed by atoms with E-state index in [1.165, 1.54) is 22.5 Å². The van der Waals surface area contributed by atoms with E-state index in [2.05, 4.69) is 96.4 Å². The van der Waals surface area contributed by atoms with Gasteiger partial charge in [0.25, 0.3) is 0 Å². The zero-order valence-electron chi connectivity index (χ0n) is 19.5. The summed E-state index contributed by atoms with van der Waals surface area (Å²) in [5.41, 5.74) is 5.10. The molecule has 0 aromatic heterocycles. The molecule has 4 heteroatoms. The average Bonchev–Trinajstić information content (AvgIpc) is 2.86. The fourth-order valence-electron chi connectivity index (χ4n) is 4.56. The minimum atomic E-state index is 0.298. The van der Waals surface area contributed by atoms with Crippen LogP contribution in [0.3, 0.4) is 0 Å². The van der Waals surface area contributed by atoms with E-state index in [0.717, 1.165) is 44.0 Å². The van der Waals surface area contributed by atoms with Crippen LogP contribution in [-0.2, 0) is 6.42 Å². The number of methoxy groups -OCH3 is 1. The normalized spacial score (nSPS) is 15.5. The van der Waals surface area contributed by atoms with Gasteiger partial charge in [-0.2, -0.15) is 0 Å². The van der Waals surface area contributed by atoms with Crippen molar-refractivity contribution in [2.24, 2.45) is 0 Å². The van der Waals surface area contributed by atoms with Crippen LogP contribution < -0.4 is 14.4 Å². The van der Waals surface area contributed by atoms with E-state index in [9.17, 15) is 0 Å². The molecule has 0 bridgehead atoms. The van der Waals surface area contributed by atoms with Gasteiger partial charge in [0, 0.05) is 17.9 Å². The Bertz CT molecular complexity index is 984. The number of rotatable bonds is 9. The van der Waals surface area contributed by atoms with Gasteiger partial charge in [-0.15, -0.1) is 0 Å². The summed E-state index contributed by atoms with van der Waals surface area (Å²) in [6.45, 7) is 8.14. The number of aryl methyl sites for hydroxylation is 1. The van der Waals surface area contributed by atoms with Gasteiger partial charge in [0.05, 0.1) is 13.2 Å². The summed E-state index contributed by atoms with van der Waals surface area (Å²) in [7, 11) is 1.73. The Morgan fingerprint density at radius 2 is 1.62 bits per heavy atom. The van der Waals surface area contributed by atoms with Gasteiger partial charge in [-0.25, -0.2) is 0 Å². The molecule has 168 valence electrons. The molecule has 4 nitrogen and oxygen atoms in total. The first-order chi connectivity index (χ1) is 15.7. The summed E-state index contributed by atoms with van der Waals surface area (Å²) in [5, 5.41) is 0. The van der Waals surface area contributed by atoms with Crippen LogP contribution >= 0.6 is 0 Å². The topological polar surface area (TPSA) is 24.9 Å². The van der Waals surface area contributed by atoms with Crippen LogP contribution in [0, 0.1) is 0 Å². The molecule has 3 aromatic carbocycles. The maximum atomic E-state index is 6.02. The van der Waals surface area contributed by atoms with Crippen molar-refractivity contribution in [1.82, 2.24) is 4.90 Å². The molecule has 0 amide bonds.